The molecule has 0 bridgehead atoms. The van der Waals surface area contributed by atoms with Crippen molar-refractivity contribution in [3.63, 3.8) is 0 Å². The quantitative estimate of drug-likeness (QED) is 0.719. The average molecular weight is 305 g/mol. The minimum Gasteiger partial charge on any atom is -0.493 e. The van der Waals surface area contributed by atoms with E-state index < -0.39 is 0 Å². The molecule has 0 aliphatic rings. The number of rotatable bonds is 9. The van der Waals surface area contributed by atoms with Crippen molar-refractivity contribution >= 4 is 0 Å². The Hall–Kier alpha value is -2.21. The zero-order chi connectivity index (χ0) is 15.8. The monoisotopic (exact) mass is 305 g/mol. The van der Waals surface area contributed by atoms with Gasteiger partial charge in [0.25, 0.3) is 0 Å². The minimum absolute atomic E-state index is 0.628. The number of benzene rings is 1. The number of hydrogen-bond acceptors (Lipinski definition) is 5. The molecule has 2 aromatic rings. The molecule has 0 radical (unpaired) electrons. The van der Waals surface area contributed by atoms with Crippen LogP contribution in [0.4, 0.5) is 0 Å². The molecule has 6 heteroatoms. The van der Waals surface area contributed by atoms with E-state index in [1.807, 2.05) is 24.7 Å². The second-order valence-electron chi connectivity index (χ2n) is 4.82. The van der Waals surface area contributed by atoms with Crippen LogP contribution in [-0.2, 0) is 13.1 Å². The van der Waals surface area contributed by atoms with Gasteiger partial charge >= 0.3 is 0 Å². The van der Waals surface area contributed by atoms with Gasteiger partial charge < -0.3 is 24.1 Å². The molecule has 0 aliphatic carbocycles. The summed E-state index contributed by atoms with van der Waals surface area (Å²) in [5, 5.41) is 3.42. The third-order valence-corrected chi connectivity index (χ3v) is 3.43. The molecule has 1 aromatic heterocycles. The van der Waals surface area contributed by atoms with Crippen LogP contribution in [0.25, 0.3) is 0 Å². The molecule has 0 saturated carbocycles. The molecule has 0 atom stereocenters. The van der Waals surface area contributed by atoms with E-state index in [2.05, 4.69) is 14.9 Å². The lowest BCUT2D eigenvalue weighted by Gasteiger charge is -2.16. The van der Waals surface area contributed by atoms with Crippen molar-refractivity contribution in [3.8, 4) is 17.2 Å². The van der Waals surface area contributed by atoms with Gasteiger partial charge in [0.1, 0.15) is 0 Å². The summed E-state index contributed by atoms with van der Waals surface area (Å²) in [6.07, 6.45) is 6.63. The van der Waals surface area contributed by atoms with Gasteiger partial charge in [0.15, 0.2) is 11.5 Å². The van der Waals surface area contributed by atoms with Crippen LogP contribution >= 0.6 is 0 Å². The molecular formula is C16H23N3O3. The number of aromatic nitrogens is 2. The Labute approximate surface area is 131 Å². The summed E-state index contributed by atoms with van der Waals surface area (Å²) in [4.78, 5) is 4.03. The number of ether oxygens (including phenoxy) is 3. The Morgan fingerprint density at radius 2 is 1.91 bits per heavy atom. The standard InChI is InChI=1S/C16H23N3O3/c1-20-14-6-5-13(15(21-2)16(14)22-3)11-17-7-4-9-19-10-8-18-12-19/h5-6,8,10,12,17H,4,7,9,11H2,1-3H3. The summed E-state index contributed by atoms with van der Waals surface area (Å²) in [6, 6.07) is 3.88. The first kappa shape index (κ1) is 16.2. The minimum atomic E-state index is 0.628. The molecule has 0 fully saturated rings. The van der Waals surface area contributed by atoms with Crippen molar-refractivity contribution in [1.82, 2.24) is 14.9 Å². The maximum Gasteiger partial charge on any atom is 0.203 e. The molecule has 0 aliphatic heterocycles. The fourth-order valence-corrected chi connectivity index (χ4v) is 2.33. The molecule has 0 unspecified atom stereocenters. The molecule has 0 saturated heterocycles. The van der Waals surface area contributed by atoms with Crippen LogP contribution in [0.3, 0.4) is 0 Å². The number of methoxy groups -OCH3 is 3. The van der Waals surface area contributed by atoms with E-state index in [9.17, 15) is 0 Å². The van der Waals surface area contributed by atoms with Crippen molar-refractivity contribution in [2.45, 2.75) is 19.5 Å². The van der Waals surface area contributed by atoms with E-state index in [4.69, 9.17) is 14.2 Å². The van der Waals surface area contributed by atoms with E-state index in [1.54, 1.807) is 27.5 Å². The summed E-state index contributed by atoms with van der Waals surface area (Å²) < 4.78 is 18.2. The number of nitrogens with zero attached hydrogens (tertiary/aromatic N) is 2. The molecule has 1 aromatic carbocycles. The lowest BCUT2D eigenvalue weighted by molar-refractivity contribution is 0.321. The second kappa shape index (κ2) is 8.29. The highest BCUT2D eigenvalue weighted by Crippen LogP contribution is 2.39. The topological polar surface area (TPSA) is 57.5 Å². The lowest BCUT2D eigenvalue weighted by Crippen LogP contribution is -2.17. The molecule has 1 heterocycles. The van der Waals surface area contributed by atoms with Crippen LogP contribution in [0, 0.1) is 0 Å². The smallest absolute Gasteiger partial charge is 0.203 e. The molecule has 1 N–H and O–H groups in total. The van der Waals surface area contributed by atoms with E-state index >= 15 is 0 Å². The van der Waals surface area contributed by atoms with E-state index in [1.165, 1.54) is 0 Å². The van der Waals surface area contributed by atoms with Crippen molar-refractivity contribution in [2.75, 3.05) is 27.9 Å². The Kier molecular flexibility index (Phi) is 6.09. The largest absolute Gasteiger partial charge is 0.493 e. The van der Waals surface area contributed by atoms with Crippen molar-refractivity contribution < 1.29 is 14.2 Å². The highest BCUT2D eigenvalue weighted by Gasteiger charge is 2.15. The van der Waals surface area contributed by atoms with Gasteiger partial charge in [-0.3, -0.25) is 0 Å². The Morgan fingerprint density at radius 3 is 2.55 bits per heavy atom. The predicted octanol–water partition coefficient (Wildman–Crippen LogP) is 2.09. The zero-order valence-electron chi connectivity index (χ0n) is 13.3. The number of imidazole rings is 1. The van der Waals surface area contributed by atoms with E-state index in [0.717, 1.165) is 25.1 Å². The number of nitrogens with one attached hydrogen (secondary N) is 1. The zero-order valence-corrected chi connectivity index (χ0v) is 13.3. The van der Waals surface area contributed by atoms with Crippen LogP contribution in [0.15, 0.2) is 30.9 Å². The van der Waals surface area contributed by atoms with Gasteiger partial charge in [-0.15, -0.1) is 0 Å². The van der Waals surface area contributed by atoms with Gasteiger partial charge in [0.05, 0.1) is 27.7 Å². The molecule has 6 nitrogen and oxygen atoms in total. The van der Waals surface area contributed by atoms with Gasteiger partial charge in [-0.25, -0.2) is 4.98 Å². The average Bonchev–Trinajstić information content (AvgIpc) is 3.06. The molecule has 0 amide bonds. The molecule has 22 heavy (non-hydrogen) atoms. The Morgan fingerprint density at radius 1 is 1.09 bits per heavy atom. The highest BCUT2D eigenvalue weighted by molar-refractivity contribution is 5.55. The van der Waals surface area contributed by atoms with Gasteiger partial charge in [-0.05, 0) is 19.0 Å². The Balaban J connectivity index is 1.89. The summed E-state index contributed by atoms with van der Waals surface area (Å²) in [5.74, 6) is 2.01. The number of hydrogen-bond donors (Lipinski definition) is 1. The van der Waals surface area contributed by atoms with E-state index in [-0.39, 0.29) is 0 Å². The van der Waals surface area contributed by atoms with Gasteiger partial charge in [-0.1, -0.05) is 6.07 Å². The number of aryl methyl sites for hydroxylation is 1. The third-order valence-electron chi connectivity index (χ3n) is 3.43. The summed E-state index contributed by atoms with van der Waals surface area (Å²) in [5.41, 5.74) is 1.04. The molecule has 120 valence electrons. The lowest BCUT2D eigenvalue weighted by atomic mass is 10.1. The SMILES string of the molecule is COc1ccc(CNCCCn2ccnc2)c(OC)c1OC. The fraction of sp³-hybridized carbons (Fsp3) is 0.438. The van der Waals surface area contributed by atoms with Crippen LogP contribution in [0.5, 0.6) is 17.2 Å². The molecule has 0 spiro atoms. The van der Waals surface area contributed by atoms with Crippen LogP contribution < -0.4 is 19.5 Å². The maximum atomic E-state index is 5.47. The fourth-order valence-electron chi connectivity index (χ4n) is 2.33. The van der Waals surface area contributed by atoms with E-state index in [0.29, 0.717) is 23.8 Å². The van der Waals surface area contributed by atoms with Crippen molar-refractivity contribution in [2.24, 2.45) is 0 Å². The summed E-state index contributed by atoms with van der Waals surface area (Å²) >= 11 is 0. The van der Waals surface area contributed by atoms with Crippen LogP contribution in [-0.4, -0.2) is 37.4 Å². The molecule has 2 rings (SSSR count). The normalized spacial score (nSPS) is 10.5. The predicted molar refractivity (Wildman–Crippen MR) is 84.6 cm³/mol. The summed E-state index contributed by atoms with van der Waals surface area (Å²) in [6.45, 7) is 2.58. The van der Waals surface area contributed by atoms with Gasteiger partial charge in [-0.2, -0.15) is 0 Å². The van der Waals surface area contributed by atoms with Crippen molar-refractivity contribution in [1.29, 1.82) is 0 Å². The first-order chi connectivity index (χ1) is 10.8. The first-order valence-electron chi connectivity index (χ1n) is 7.24. The first-order valence-corrected chi connectivity index (χ1v) is 7.24. The third kappa shape index (κ3) is 3.92. The maximum absolute atomic E-state index is 5.47. The summed E-state index contributed by atoms with van der Waals surface area (Å²) in [7, 11) is 4.87. The Bertz CT molecular complexity index is 570. The van der Waals surface area contributed by atoms with Crippen LogP contribution in [0.2, 0.25) is 0 Å². The van der Waals surface area contributed by atoms with Gasteiger partial charge in [0, 0.05) is 31.0 Å². The van der Waals surface area contributed by atoms with Crippen LogP contribution in [0.1, 0.15) is 12.0 Å². The van der Waals surface area contributed by atoms with Crippen molar-refractivity contribution in [3.05, 3.63) is 36.4 Å². The highest BCUT2D eigenvalue weighted by atomic mass is 16.5. The van der Waals surface area contributed by atoms with Gasteiger partial charge in [0.2, 0.25) is 5.75 Å². The second-order valence-corrected chi connectivity index (χ2v) is 4.82. The molecular weight excluding hydrogens is 282 g/mol.